The van der Waals surface area contributed by atoms with Gasteiger partial charge in [0.15, 0.2) is 0 Å². The molecule has 0 bridgehead atoms. The van der Waals surface area contributed by atoms with Crippen LogP contribution < -0.4 is 0 Å². The molecule has 0 spiro atoms. The Morgan fingerprint density at radius 3 is 2.60 bits per heavy atom. The number of aliphatic carboxylic acids is 1. The lowest BCUT2D eigenvalue weighted by Gasteiger charge is -2.26. The van der Waals surface area contributed by atoms with Crippen LogP contribution in [0.1, 0.15) is 44.5 Å². The van der Waals surface area contributed by atoms with E-state index in [0.29, 0.717) is 18.3 Å². The molecular weight excluding hydrogens is 320 g/mol. The summed E-state index contributed by atoms with van der Waals surface area (Å²) in [4.78, 5) is 11.8. The molecule has 0 amide bonds. The molecule has 3 rings (SSSR count). The van der Waals surface area contributed by atoms with E-state index in [0.717, 1.165) is 41.7 Å². The highest BCUT2D eigenvalue weighted by molar-refractivity contribution is 9.10. The van der Waals surface area contributed by atoms with Crippen molar-refractivity contribution in [3.05, 3.63) is 15.9 Å². The fourth-order valence-electron chi connectivity index (χ4n) is 3.80. The highest BCUT2D eigenvalue weighted by Gasteiger charge is 2.57. The monoisotopic (exact) mass is 340 g/mol. The second-order valence-corrected chi connectivity index (χ2v) is 7.10. The molecule has 0 aromatic carbocycles. The average molecular weight is 341 g/mol. The lowest BCUT2D eigenvalue weighted by atomic mass is 9.78. The second kappa shape index (κ2) is 4.86. The molecule has 110 valence electrons. The van der Waals surface area contributed by atoms with Crippen molar-refractivity contribution in [2.24, 2.45) is 17.3 Å². The molecule has 2 fully saturated rings. The summed E-state index contributed by atoms with van der Waals surface area (Å²) < 4.78 is 2.99. The largest absolute Gasteiger partial charge is 0.481 e. The molecule has 2 saturated carbocycles. The molecule has 0 aliphatic heterocycles. The Morgan fingerprint density at radius 1 is 1.45 bits per heavy atom. The lowest BCUT2D eigenvalue weighted by molar-refractivity contribution is -0.149. The van der Waals surface area contributed by atoms with Gasteiger partial charge < -0.3 is 5.11 Å². The SMILES string of the molecule is CCc1nn(CC)c(CC2(C(=O)O)CC3CC3C2)c1Br. The van der Waals surface area contributed by atoms with Crippen LogP contribution in [0.5, 0.6) is 0 Å². The number of nitrogens with zero attached hydrogens (tertiary/aromatic N) is 2. The number of rotatable bonds is 5. The number of aryl methyl sites for hydroxylation is 2. The fraction of sp³-hybridized carbons (Fsp3) is 0.733. The van der Waals surface area contributed by atoms with Crippen LogP contribution in [-0.4, -0.2) is 20.9 Å². The number of hydrogen-bond acceptors (Lipinski definition) is 2. The van der Waals surface area contributed by atoms with Gasteiger partial charge in [0.05, 0.1) is 21.3 Å². The number of aromatic nitrogens is 2. The Balaban J connectivity index is 1.93. The number of hydrogen-bond donors (Lipinski definition) is 1. The zero-order valence-corrected chi connectivity index (χ0v) is 13.6. The van der Waals surface area contributed by atoms with Crippen molar-refractivity contribution >= 4 is 21.9 Å². The minimum Gasteiger partial charge on any atom is -0.481 e. The molecule has 2 unspecified atom stereocenters. The van der Waals surface area contributed by atoms with Crippen LogP contribution in [0.25, 0.3) is 0 Å². The van der Waals surface area contributed by atoms with E-state index in [9.17, 15) is 9.90 Å². The van der Waals surface area contributed by atoms with Gasteiger partial charge in [0.25, 0.3) is 0 Å². The summed E-state index contributed by atoms with van der Waals surface area (Å²) in [6.07, 6.45) is 4.40. The molecule has 1 aromatic rings. The highest BCUT2D eigenvalue weighted by Crippen LogP contribution is 2.61. The standard InChI is InChI=1S/C15H21BrN2O2/c1-3-11-13(16)12(18(4-2)17-11)8-15(14(19)20)6-9-5-10(9)7-15/h9-10H,3-8H2,1-2H3,(H,19,20). The van der Waals surface area contributed by atoms with Gasteiger partial charge in [-0.2, -0.15) is 5.10 Å². The van der Waals surface area contributed by atoms with Gasteiger partial charge in [0.1, 0.15) is 0 Å². The van der Waals surface area contributed by atoms with Gasteiger partial charge in [0.2, 0.25) is 0 Å². The normalized spacial score (nSPS) is 31.4. The Bertz CT molecular complexity index is 542. The minimum atomic E-state index is -0.626. The van der Waals surface area contributed by atoms with Crippen LogP contribution in [0.4, 0.5) is 0 Å². The highest BCUT2D eigenvalue weighted by atomic mass is 79.9. The molecule has 5 heteroatoms. The van der Waals surface area contributed by atoms with Gasteiger partial charge in [-0.15, -0.1) is 0 Å². The molecule has 1 N–H and O–H groups in total. The van der Waals surface area contributed by atoms with Gasteiger partial charge in [-0.25, -0.2) is 0 Å². The predicted molar refractivity (Wildman–Crippen MR) is 79.6 cm³/mol. The van der Waals surface area contributed by atoms with E-state index in [1.165, 1.54) is 6.42 Å². The molecule has 1 aromatic heterocycles. The summed E-state index contributed by atoms with van der Waals surface area (Å²) in [5, 5.41) is 14.3. The Labute approximate surface area is 127 Å². The first-order valence-corrected chi connectivity index (χ1v) is 8.27. The Kier molecular flexibility index (Phi) is 3.43. The van der Waals surface area contributed by atoms with Crippen molar-refractivity contribution < 1.29 is 9.90 Å². The summed E-state index contributed by atoms with van der Waals surface area (Å²) >= 11 is 3.63. The number of fused-ring (bicyclic) bond motifs is 1. The van der Waals surface area contributed by atoms with Gasteiger partial charge in [-0.05, 0) is 60.4 Å². The summed E-state index contributed by atoms with van der Waals surface area (Å²) in [5.74, 6) is 0.695. The molecule has 0 radical (unpaired) electrons. The quantitative estimate of drug-likeness (QED) is 0.894. The van der Waals surface area contributed by atoms with Crippen LogP contribution in [0.2, 0.25) is 0 Å². The van der Waals surface area contributed by atoms with E-state index in [1.54, 1.807) is 0 Å². The van der Waals surface area contributed by atoms with Crippen molar-refractivity contribution in [3.63, 3.8) is 0 Å². The molecule has 0 saturated heterocycles. The number of carboxylic acids is 1. The zero-order chi connectivity index (χ0) is 14.5. The van der Waals surface area contributed by atoms with E-state index >= 15 is 0 Å². The average Bonchev–Trinajstić information content (AvgIpc) is 2.92. The van der Waals surface area contributed by atoms with Crippen molar-refractivity contribution in [2.45, 2.75) is 52.5 Å². The number of carbonyl (C=O) groups is 1. The molecule has 1 heterocycles. The third kappa shape index (κ3) is 2.10. The van der Waals surface area contributed by atoms with Gasteiger partial charge in [-0.3, -0.25) is 9.48 Å². The van der Waals surface area contributed by atoms with Crippen molar-refractivity contribution in [2.75, 3.05) is 0 Å². The van der Waals surface area contributed by atoms with E-state index in [-0.39, 0.29) is 0 Å². The fourth-order valence-corrected chi connectivity index (χ4v) is 4.50. The smallest absolute Gasteiger partial charge is 0.310 e. The summed E-state index contributed by atoms with van der Waals surface area (Å²) in [5.41, 5.74) is 1.53. The van der Waals surface area contributed by atoms with Crippen LogP contribution in [0.3, 0.4) is 0 Å². The maximum absolute atomic E-state index is 11.8. The summed E-state index contributed by atoms with van der Waals surface area (Å²) in [6.45, 7) is 4.92. The van der Waals surface area contributed by atoms with Crippen molar-refractivity contribution in [1.82, 2.24) is 9.78 Å². The van der Waals surface area contributed by atoms with Gasteiger partial charge >= 0.3 is 5.97 Å². The van der Waals surface area contributed by atoms with E-state index in [1.807, 2.05) is 4.68 Å². The maximum Gasteiger partial charge on any atom is 0.310 e. The first kappa shape index (κ1) is 14.1. The molecule has 4 nitrogen and oxygen atoms in total. The molecule has 2 aliphatic rings. The number of halogens is 1. The molecule has 2 aliphatic carbocycles. The van der Waals surface area contributed by atoms with E-state index < -0.39 is 11.4 Å². The van der Waals surface area contributed by atoms with Crippen LogP contribution >= 0.6 is 15.9 Å². The molecule has 20 heavy (non-hydrogen) atoms. The predicted octanol–water partition coefficient (Wildman–Crippen LogP) is 3.27. The van der Waals surface area contributed by atoms with Crippen LogP contribution in [0, 0.1) is 17.3 Å². The minimum absolute atomic E-state index is 0.561. The summed E-state index contributed by atoms with van der Waals surface area (Å²) in [7, 11) is 0. The first-order chi connectivity index (χ1) is 9.50. The van der Waals surface area contributed by atoms with Gasteiger partial charge in [-0.1, -0.05) is 6.92 Å². The molecular formula is C15H21BrN2O2. The third-order valence-electron chi connectivity index (χ3n) is 5.03. The number of carboxylic acid groups (broad SMARTS) is 1. The second-order valence-electron chi connectivity index (χ2n) is 6.30. The first-order valence-electron chi connectivity index (χ1n) is 7.48. The third-order valence-corrected chi connectivity index (χ3v) is 5.94. The zero-order valence-electron chi connectivity index (χ0n) is 12.0. The molecule has 2 atom stereocenters. The topological polar surface area (TPSA) is 55.1 Å². The Morgan fingerprint density at radius 2 is 2.10 bits per heavy atom. The van der Waals surface area contributed by atoms with Gasteiger partial charge in [0, 0.05) is 13.0 Å². The maximum atomic E-state index is 11.8. The summed E-state index contributed by atoms with van der Waals surface area (Å²) in [6, 6.07) is 0. The lowest BCUT2D eigenvalue weighted by Crippen LogP contribution is -2.33. The van der Waals surface area contributed by atoms with E-state index in [4.69, 9.17) is 0 Å². The van der Waals surface area contributed by atoms with Crippen molar-refractivity contribution in [3.8, 4) is 0 Å². The van der Waals surface area contributed by atoms with Crippen LogP contribution in [-0.2, 0) is 24.2 Å². The van der Waals surface area contributed by atoms with E-state index in [2.05, 4.69) is 34.9 Å². The van der Waals surface area contributed by atoms with Crippen LogP contribution in [0.15, 0.2) is 4.47 Å². The van der Waals surface area contributed by atoms with Crippen molar-refractivity contribution in [1.29, 1.82) is 0 Å². The Hall–Kier alpha value is -0.840.